The fourth-order valence-electron chi connectivity index (χ4n) is 3.03. The van der Waals surface area contributed by atoms with E-state index in [1.165, 1.54) is 19.9 Å². The zero-order chi connectivity index (χ0) is 20.1. The standard InChI is InChI=1S/C23H25NO4/c1-4-5-15-24(18-9-7-6-8-10-18)19-13-11-17(12-14-19)16-20-21(25)27-23(2,3)28-22(20)26/h6-14,16H,4-5,15H2,1-3H3. The van der Waals surface area contributed by atoms with Crippen molar-refractivity contribution >= 4 is 29.4 Å². The smallest absolute Gasteiger partial charge is 0.348 e. The molecule has 1 saturated heterocycles. The summed E-state index contributed by atoms with van der Waals surface area (Å²) in [6.45, 7) is 6.14. The van der Waals surface area contributed by atoms with Crippen LogP contribution in [0.2, 0.25) is 0 Å². The lowest BCUT2D eigenvalue weighted by molar-refractivity contribution is -0.222. The predicted octanol–water partition coefficient (Wildman–Crippen LogP) is 4.84. The summed E-state index contributed by atoms with van der Waals surface area (Å²) in [5.74, 6) is -2.57. The van der Waals surface area contributed by atoms with E-state index >= 15 is 0 Å². The highest BCUT2D eigenvalue weighted by atomic mass is 16.7. The lowest BCUT2D eigenvalue weighted by atomic mass is 10.1. The maximum Gasteiger partial charge on any atom is 0.348 e. The molecule has 2 aromatic carbocycles. The average molecular weight is 379 g/mol. The van der Waals surface area contributed by atoms with E-state index in [-0.39, 0.29) is 5.57 Å². The largest absolute Gasteiger partial charge is 0.419 e. The maximum absolute atomic E-state index is 12.1. The van der Waals surface area contributed by atoms with Crippen LogP contribution in [0.4, 0.5) is 11.4 Å². The summed E-state index contributed by atoms with van der Waals surface area (Å²) in [7, 11) is 0. The SMILES string of the molecule is CCCCN(c1ccccc1)c1ccc(C=C2C(=O)OC(C)(C)OC2=O)cc1. The first kappa shape index (κ1) is 19.7. The van der Waals surface area contributed by atoms with Gasteiger partial charge in [0.1, 0.15) is 5.57 Å². The van der Waals surface area contributed by atoms with Gasteiger partial charge in [-0.25, -0.2) is 9.59 Å². The lowest BCUT2D eigenvalue weighted by Gasteiger charge is -2.29. The molecular formula is C23H25NO4. The van der Waals surface area contributed by atoms with Crippen LogP contribution in [0, 0.1) is 0 Å². The van der Waals surface area contributed by atoms with Gasteiger partial charge in [-0.05, 0) is 42.3 Å². The van der Waals surface area contributed by atoms with E-state index in [0.717, 1.165) is 36.3 Å². The van der Waals surface area contributed by atoms with Crippen molar-refractivity contribution in [3.8, 4) is 0 Å². The molecule has 2 aromatic rings. The minimum atomic E-state index is -1.23. The normalized spacial score (nSPS) is 15.6. The van der Waals surface area contributed by atoms with Gasteiger partial charge in [0, 0.05) is 31.8 Å². The molecule has 0 saturated carbocycles. The molecule has 1 heterocycles. The van der Waals surface area contributed by atoms with Crippen molar-refractivity contribution < 1.29 is 19.1 Å². The molecule has 0 amide bonds. The van der Waals surface area contributed by atoms with Crippen LogP contribution in [0.3, 0.4) is 0 Å². The van der Waals surface area contributed by atoms with Gasteiger partial charge in [0.15, 0.2) is 0 Å². The number of hydrogen-bond acceptors (Lipinski definition) is 5. The van der Waals surface area contributed by atoms with E-state index in [1.54, 1.807) is 0 Å². The second kappa shape index (κ2) is 8.30. The topological polar surface area (TPSA) is 55.8 Å². The van der Waals surface area contributed by atoms with Crippen molar-refractivity contribution in [2.45, 2.75) is 39.4 Å². The third-order valence-corrected chi connectivity index (χ3v) is 4.44. The highest BCUT2D eigenvalue weighted by molar-refractivity contribution is 6.18. The number of cyclic esters (lactones) is 2. The molecule has 3 rings (SSSR count). The Morgan fingerprint density at radius 2 is 1.46 bits per heavy atom. The van der Waals surface area contributed by atoms with Crippen LogP contribution >= 0.6 is 0 Å². The van der Waals surface area contributed by atoms with Crippen LogP contribution < -0.4 is 4.90 Å². The van der Waals surface area contributed by atoms with E-state index in [2.05, 4.69) is 24.0 Å². The summed E-state index contributed by atoms with van der Waals surface area (Å²) in [4.78, 5) is 26.5. The summed E-state index contributed by atoms with van der Waals surface area (Å²) in [6, 6.07) is 17.9. The molecule has 28 heavy (non-hydrogen) atoms. The van der Waals surface area contributed by atoms with Crippen LogP contribution in [0.15, 0.2) is 60.2 Å². The summed E-state index contributed by atoms with van der Waals surface area (Å²) in [5, 5.41) is 0. The van der Waals surface area contributed by atoms with E-state index in [9.17, 15) is 9.59 Å². The fraction of sp³-hybridized carbons (Fsp3) is 0.304. The van der Waals surface area contributed by atoms with Gasteiger partial charge < -0.3 is 14.4 Å². The van der Waals surface area contributed by atoms with Crippen molar-refractivity contribution in [2.24, 2.45) is 0 Å². The summed E-state index contributed by atoms with van der Waals surface area (Å²) in [6.07, 6.45) is 3.69. The van der Waals surface area contributed by atoms with E-state index in [4.69, 9.17) is 9.47 Å². The second-order valence-electron chi connectivity index (χ2n) is 7.17. The molecule has 0 N–H and O–H groups in total. The summed E-state index contributed by atoms with van der Waals surface area (Å²) in [5.41, 5.74) is 2.81. The quantitative estimate of drug-likeness (QED) is 0.408. The minimum absolute atomic E-state index is 0.0991. The zero-order valence-electron chi connectivity index (χ0n) is 16.5. The Morgan fingerprint density at radius 1 is 0.893 bits per heavy atom. The van der Waals surface area contributed by atoms with Crippen LogP contribution in [0.1, 0.15) is 39.2 Å². The third-order valence-electron chi connectivity index (χ3n) is 4.44. The van der Waals surface area contributed by atoms with Crippen LogP contribution in [-0.4, -0.2) is 24.3 Å². The number of nitrogens with zero attached hydrogens (tertiary/aromatic N) is 1. The number of ether oxygens (including phenoxy) is 2. The number of carbonyl (C=O) groups is 2. The number of benzene rings is 2. The first-order valence-electron chi connectivity index (χ1n) is 9.50. The van der Waals surface area contributed by atoms with Gasteiger partial charge in [0.2, 0.25) is 0 Å². The molecule has 0 bridgehead atoms. The molecule has 0 radical (unpaired) electrons. The molecular weight excluding hydrogens is 354 g/mol. The Bertz CT molecular complexity index is 847. The van der Waals surface area contributed by atoms with Crippen molar-refractivity contribution in [1.82, 2.24) is 0 Å². The number of rotatable bonds is 6. The first-order valence-corrected chi connectivity index (χ1v) is 9.50. The summed E-state index contributed by atoms with van der Waals surface area (Å²) >= 11 is 0. The van der Waals surface area contributed by atoms with Gasteiger partial charge in [-0.3, -0.25) is 0 Å². The van der Waals surface area contributed by atoms with Gasteiger partial charge in [0.05, 0.1) is 0 Å². The summed E-state index contributed by atoms with van der Waals surface area (Å²) < 4.78 is 10.3. The van der Waals surface area contributed by atoms with Gasteiger partial charge in [-0.1, -0.05) is 43.7 Å². The third kappa shape index (κ3) is 4.60. The van der Waals surface area contributed by atoms with Crippen molar-refractivity contribution in [2.75, 3.05) is 11.4 Å². The molecule has 0 aliphatic carbocycles. The molecule has 5 nitrogen and oxygen atoms in total. The molecule has 0 unspecified atom stereocenters. The van der Waals surface area contributed by atoms with Crippen LogP contribution in [0.5, 0.6) is 0 Å². The highest BCUT2D eigenvalue weighted by Crippen LogP contribution is 2.28. The monoisotopic (exact) mass is 379 g/mol. The van der Waals surface area contributed by atoms with Gasteiger partial charge in [-0.15, -0.1) is 0 Å². The van der Waals surface area contributed by atoms with E-state index < -0.39 is 17.7 Å². The number of esters is 2. The van der Waals surface area contributed by atoms with Crippen LogP contribution in [-0.2, 0) is 19.1 Å². The van der Waals surface area contributed by atoms with Gasteiger partial charge in [0.25, 0.3) is 5.79 Å². The molecule has 1 fully saturated rings. The van der Waals surface area contributed by atoms with Crippen molar-refractivity contribution in [3.05, 3.63) is 65.7 Å². The molecule has 0 spiro atoms. The average Bonchev–Trinajstić information content (AvgIpc) is 2.66. The Hall–Kier alpha value is -3.08. The first-order chi connectivity index (χ1) is 13.4. The molecule has 0 atom stereocenters. The Labute approximate surface area is 165 Å². The second-order valence-corrected chi connectivity index (χ2v) is 7.17. The predicted molar refractivity (Wildman–Crippen MR) is 109 cm³/mol. The number of hydrogen-bond donors (Lipinski definition) is 0. The lowest BCUT2D eigenvalue weighted by Crippen LogP contribution is -2.41. The van der Waals surface area contributed by atoms with Gasteiger partial charge in [-0.2, -0.15) is 0 Å². The molecule has 1 aliphatic rings. The number of unbranched alkanes of at least 4 members (excludes halogenated alkanes) is 1. The van der Waals surface area contributed by atoms with Gasteiger partial charge >= 0.3 is 11.9 Å². The fourth-order valence-corrected chi connectivity index (χ4v) is 3.03. The zero-order valence-corrected chi connectivity index (χ0v) is 16.5. The molecule has 146 valence electrons. The molecule has 0 aromatic heterocycles. The van der Waals surface area contributed by atoms with E-state index in [0.29, 0.717) is 0 Å². The molecule has 5 heteroatoms. The Kier molecular flexibility index (Phi) is 5.83. The van der Waals surface area contributed by atoms with Crippen LogP contribution in [0.25, 0.3) is 6.08 Å². The number of anilines is 2. The van der Waals surface area contributed by atoms with Crippen molar-refractivity contribution in [3.63, 3.8) is 0 Å². The number of carbonyl (C=O) groups excluding carboxylic acids is 2. The Balaban J connectivity index is 1.84. The highest BCUT2D eigenvalue weighted by Gasteiger charge is 2.38. The maximum atomic E-state index is 12.1. The van der Waals surface area contributed by atoms with Crippen molar-refractivity contribution in [1.29, 1.82) is 0 Å². The number of para-hydroxylation sites is 1. The molecule has 1 aliphatic heterocycles. The minimum Gasteiger partial charge on any atom is -0.419 e. The van der Waals surface area contributed by atoms with E-state index in [1.807, 2.05) is 42.5 Å². The Morgan fingerprint density at radius 3 is 2.04 bits per heavy atom.